The number of aryl methyl sites for hydroxylation is 3. The summed E-state index contributed by atoms with van der Waals surface area (Å²) in [5.41, 5.74) is 6.90. The molecule has 2 aromatic heterocycles. The van der Waals surface area contributed by atoms with Crippen LogP contribution in [0.15, 0.2) is 24.5 Å². The van der Waals surface area contributed by atoms with Crippen molar-refractivity contribution < 1.29 is 0 Å². The Balaban J connectivity index is 1.96. The fourth-order valence-corrected chi connectivity index (χ4v) is 4.27. The van der Waals surface area contributed by atoms with Gasteiger partial charge in [0.2, 0.25) is 0 Å². The topological polar surface area (TPSA) is 50.9 Å². The van der Waals surface area contributed by atoms with Crippen molar-refractivity contribution in [3.63, 3.8) is 0 Å². The molecule has 1 aliphatic rings. The lowest BCUT2D eigenvalue weighted by Gasteiger charge is -2.16. The summed E-state index contributed by atoms with van der Waals surface area (Å²) in [6.45, 7) is 2.11. The van der Waals surface area contributed by atoms with Gasteiger partial charge in [0.1, 0.15) is 0 Å². The van der Waals surface area contributed by atoms with Crippen molar-refractivity contribution in [3.05, 3.63) is 51.0 Å². The number of nitrogens with two attached hydrogens (primary N) is 1. The van der Waals surface area contributed by atoms with Gasteiger partial charge in [0, 0.05) is 22.1 Å². The molecule has 2 aromatic rings. The van der Waals surface area contributed by atoms with Gasteiger partial charge in [-0.2, -0.15) is 0 Å². The van der Waals surface area contributed by atoms with E-state index in [1.54, 1.807) is 4.88 Å². The van der Waals surface area contributed by atoms with Crippen LogP contribution in [0.2, 0.25) is 0 Å². The van der Waals surface area contributed by atoms with E-state index in [0.29, 0.717) is 0 Å². The van der Waals surface area contributed by atoms with Crippen LogP contribution in [0.25, 0.3) is 0 Å². The van der Waals surface area contributed by atoms with Crippen LogP contribution in [-0.2, 0) is 12.8 Å². The number of hydrogen-bond donors (Lipinski definition) is 2. The van der Waals surface area contributed by atoms with Gasteiger partial charge < -0.3 is 0 Å². The Bertz CT molecular complexity index is 568. The predicted octanol–water partition coefficient (Wildman–Crippen LogP) is 3.27. The average Bonchev–Trinajstić information content (AvgIpc) is 2.72. The lowest BCUT2D eigenvalue weighted by atomic mass is 10.0. The highest BCUT2D eigenvalue weighted by molar-refractivity contribution is 7.12. The van der Waals surface area contributed by atoms with Crippen LogP contribution in [0.4, 0.5) is 0 Å². The number of hydrazine groups is 1. The van der Waals surface area contributed by atoms with Crippen LogP contribution in [-0.4, -0.2) is 4.98 Å². The Labute approximate surface area is 124 Å². The first-order chi connectivity index (χ1) is 9.79. The molecule has 0 fully saturated rings. The number of nitrogens with zero attached hydrogens (tertiary/aromatic N) is 1. The highest BCUT2D eigenvalue weighted by atomic mass is 32.1. The monoisotopic (exact) mass is 287 g/mol. The lowest BCUT2D eigenvalue weighted by Crippen LogP contribution is -2.28. The standard InChI is InChI=1S/C16H21N3S/c1-11-7-8-18-10-13(11)16(19-17)15-9-12-5-3-2-4-6-14(12)20-15/h7-10,16,19H,2-6,17H2,1H3. The summed E-state index contributed by atoms with van der Waals surface area (Å²) in [6.07, 6.45) is 10.2. The molecular formula is C16H21N3S. The van der Waals surface area contributed by atoms with Crippen molar-refractivity contribution in [2.45, 2.75) is 45.1 Å². The van der Waals surface area contributed by atoms with E-state index >= 15 is 0 Å². The largest absolute Gasteiger partial charge is 0.271 e. The second kappa shape index (κ2) is 6.04. The highest BCUT2D eigenvalue weighted by Gasteiger charge is 2.20. The molecule has 4 heteroatoms. The van der Waals surface area contributed by atoms with Crippen LogP contribution in [0.1, 0.15) is 51.7 Å². The zero-order chi connectivity index (χ0) is 13.9. The fraction of sp³-hybridized carbons (Fsp3) is 0.438. The number of thiophene rings is 1. The molecule has 0 amide bonds. The Hall–Kier alpha value is -1.23. The van der Waals surface area contributed by atoms with Gasteiger partial charge in [0.15, 0.2) is 0 Å². The summed E-state index contributed by atoms with van der Waals surface area (Å²) >= 11 is 1.91. The molecule has 1 unspecified atom stereocenters. The number of rotatable bonds is 3. The minimum atomic E-state index is 0.0561. The van der Waals surface area contributed by atoms with E-state index in [0.717, 1.165) is 0 Å². The fourth-order valence-electron chi connectivity index (χ4n) is 2.94. The number of pyridine rings is 1. The van der Waals surface area contributed by atoms with Crippen molar-refractivity contribution in [2.24, 2.45) is 5.84 Å². The van der Waals surface area contributed by atoms with Crippen molar-refractivity contribution >= 4 is 11.3 Å². The van der Waals surface area contributed by atoms with Gasteiger partial charge >= 0.3 is 0 Å². The summed E-state index contributed by atoms with van der Waals surface area (Å²) in [4.78, 5) is 7.12. The maximum atomic E-state index is 5.82. The van der Waals surface area contributed by atoms with E-state index in [1.165, 1.54) is 53.7 Å². The van der Waals surface area contributed by atoms with E-state index in [2.05, 4.69) is 23.4 Å². The quantitative estimate of drug-likeness (QED) is 0.517. The Kier molecular flexibility index (Phi) is 4.15. The Morgan fingerprint density at radius 2 is 2.15 bits per heavy atom. The summed E-state index contributed by atoms with van der Waals surface area (Å²) in [6, 6.07) is 4.45. The van der Waals surface area contributed by atoms with Gasteiger partial charge in [-0.15, -0.1) is 11.3 Å². The molecule has 0 spiro atoms. The zero-order valence-electron chi connectivity index (χ0n) is 11.9. The van der Waals surface area contributed by atoms with Crippen LogP contribution in [0.3, 0.4) is 0 Å². The third-order valence-corrected chi connectivity index (χ3v) is 5.41. The molecule has 0 aromatic carbocycles. The molecule has 0 radical (unpaired) electrons. The summed E-state index contributed by atoms with van der Waals surface area (Å²) in [7, 11) is 0. The van der Waals surface area contributed by atoms with E-state index in [4.69, 9.17) is 5.84 Å². The first kappa shape index (κ1) is 13.7. The third kappa shape index (κ3) is 2.64. The predicted molar refractivity (Wildman–Crippen MR) is 83.7 cm³/mol. The molecule has 2 heterocycles. The zero-order valence-corrected chi connectivity index (χ0v) is 12.7. The summed E-state index contributed by atoms with van der Waals surface area (Å²) in [5.74, 6) is 5.82. The normalized spacial score (nSPS) is 16.5. The van der Waals surface area contributed by atoms with Gasteiger partial charge in [-0.05, 0) is 61.4 Å². The average molecular weight is 287 g/mol. The first-order valence-electron chi connectivity index (χ1n) is 7.27. The smallest absolute Gasteiger partial charge is 0.0820 e. The number of hydrogen-bond acceptors (Lipinski definition) is 4. The maximum absolute atomic E-state index is 5.82. The van der Waals surface area contributed by atoms with Crippen molar-refractivity contribution in [1.29, 1.82) is 0 Å². The molecular weight excluding hydrogens is 266 g/mol. The molecule has 0 saturated carbocycles. The number of nitrogens with one attached hydrogen (secondary N) is 1. The molecule has 0 bridgehead atoms. The summed E-state index contributed by atoms with van der Waals surface area (Å²) in [5, 5.41) is 0. The van der Waals surface area contributed by atoms with Crippen LogP contribution < -0.4 is 11.3 Å². The van der Waals surface area contributed by atoms with Gasteiger partial charge in [-0.25, -0.2) is 5.43 Å². The van der Waals surface area contributed by atoms with E-state index < -0.39 is 0 Å². The minimum absolute atomic E-state index is 0.0561. The second-order valence-electron chi connectivity index (χ2n) is 5.49. The van der Waals surface area contributed by atoms with Gasteiger partial charge in [0.05, 0.1) is 6.04 Å². The number of aromatic nitrogens is 1. The van der Waals surface area contributed by atoms with Crippen LogP contribution in [0, 0.1) is 6.92 Å². The van der Waals surface area contributed by atoms with Crippen molar-refractivity contribution in [1.82, 2.24) is 10.4 Å². The molecule has 1 atom stereocenters. The first-order valence-corrected chi connectivity index (χ1v) is 8.09. The molecule has 3 nitrogen and oxygen atoms in total. The van der Waals surface area contributed by atoms with E-state index in [1.807, 2.05) is 29.8 Å². The molecule has 20 heavy (non-hydrogen) atoms. The van der Waals surface area contributed by atoms with E-state index in [9.17, 15) is 0 Å². The summed E-state index contributed by atoms with van der Waals surface area (Å²) < 4.78 is 0. The lowest BCUT2D eigenvalue weighted by molar-refractivity contribution is 0.640. The molecule has 0 saturated heterocycles. The minimum Gasteiger partial charge on any atom is -0.271 e. The highest BCUT2D eigenvalue weighted by Crippen LogP contribution is 2.35. The van der Waals surface area contributed by atoms with Crippen LogP contribution >= 0.6 is 11.3 Å². The Morgan fingerprint density at radius 1 is 1.30 bits per heavy atom. The molecule has 1 aliphatic carbocycles. The molecule has 0 aliphatic heterocycles. The van der Waals surface area contributed by atoms with Gasteiger partial charge in [-0.3, -0.25) is 10.8 Å². The molecule has 106 valence electrons. The van der Waals surface area contributed by atoms with Crippen molar-refractivity contribution in [3.8, 4) is 0 Å². The van der Waals surface area contributed by atoms with E-state index in [-0.39, 0.29) is 6.04 Å². The molecule has 3 rings (SSSR count). The van der Waals surface area contributed by atoms with Crippen molar-refractivity contribution in [2.75, 3.05) is 0 Å². The number of fused-ring (bicyclic) bond motifs is 1. The van der Waals surface area contributed by atoms with Gasteiger partial charge in [-0.1, -0.05) is 6.42 Å². The third-order valence-electron chi connectivity index (χ3n) is 4.11. The maximum Gasteiger partial charge on any atom is 0.0820 e. The SMILES string of the molecule is Cc1ccncc1C(NN)c1cc2c(s1)CCCCC2. The van der Waals surface area contributed by atoms with Crippen LogP contribution in [0.5, 0.6) is 0 Å². The molecule has 3 N–H and O–H groups in total. The Morgan fingerprint density at radius 3 is 2.95 bits per heavy atom. The van der Waals surface area contributed by atoms with Gasteiger partial charge in [0.25, 0.3) is 0 Å². The second-order valence-corrected chi connectivity index (χ2v) is 6.66.